The molecule has 2 heterocycles. The highest BCUT2D eigenvalue weighted by Gasteiger charge is 2.27. The number of nitrogens with one attached hydrogen (secondary N) is 1. The Balaban J connectivity index is 1.55. The van der Waals surface area contributed by atoms with E-state index < -0.39 is 0 Å². The van der Waals surface area contributed by atoms with Crippen molar-refractivity contribution in [2.75, 3.05) is 31.1 Å². The maximum Gasteiger partial charge on any atom is 0.206 e. The molecule has 2 atom stereocenters. The van der Waals surface area contributed by atoms with Gasteiger partial charge in [0.1, 0.15) is 6.61 Å². The van der Waals surface area contributed by atoms with Crippen LogP contribution in [-0.2, 0) is 4.74 Å². The summed E-state index contributed by atoms with van der Waals surface area (Å²) < 4.78 is 5.89. The average Bonchev–Trinajstić information content (AvgIpc) is 3.25. The molecular formula is C25H32ClN3O. The highest BCUT2D eigenvalue weighted by molar-refractivity contribution is 6.22. The number of alkyl halides is 1. The Morgan fingerprint density at radius 2 is 2.23 bits per heavy atom. The van der Waals surface area contributed by atoms with E-state index in [9.17, 15) is 0 Å². The van der Waals surface area contributed by atoms with Crippen LogP contribution >= 0.6 is 11.6 Å². The van der Waals surface area contributed by atoms with Crippen LogP contribution in [0, 0.1) is 0 Å². The van der Waals surface area contributed by atoms with Crippen molar-refractivity contribution in [1.29, 1.82) is 0 Å². The topological polar surface area (TPSA) is 36.9 Å². The number of nitrogens with zero attached hydrogens (tertiary/aromatic N) is 2. The van der Waals surface area contributed by atoms with Crippen LogP contribution in [-0.4, -0.2) is 38.0 Å². The highest BCUT2D eigenvalue weighted by Crippen LogP contribution is 2.40. The van der Waals surface area contributed by atoms with Crippen LogP contribution in [0.3, 0.4) is 0 Å². The van der Waals surface area contributed by atoms with Gasteiger partial charge >= 0.3 is 0 Å². The molecule has 0 bridgehead atoms. The van der Waals surface area contributed by atoms with Gasteiger partial charge in [-0.3, -0.25) is 0 Å². The van der Waals surface area contributed by atoms with Gasteiger partial charge in [-0.25, -0.2) is 4.99 Å². The second-order valence-electron chi connectivity index (χ2n) is 8.59. The molecule has 0 aromatic heterocycles. The van der Waals surface area contributed by atoms with Crippen molar-refractivity contribution in [2.24, 2.45) is 4.99 Å². The smallest absolute Gasteiger partial charge is 0.206 e. The summed E-state index contributed by atoms with van der Waals surface area (Å²) in [6.07, 6.45) is 8.55. The van der Waals surface area contributed by atoms with E-state index in [0.717, 1.165) is 44.6 Å². The van der Waals surface area contributed by atoms with Crippen LogP contribution in [0.4, 0.5) is 5.69 Å². The third-order valence-corrected chi connectivity index (χ3v) is 6.60. The van der Waals surface area contributed by atoms with Crippen LogP contribution in [0.5, 0.6) is 0 Å². The summed E-state index contributed by atoms with van der Waals surface area (Å²) in [6.45, 7) is 11.8. The third-order valence-electron chi connectivity index (χ3n) is 6.21. The summed E-state index contributed by atoms with van der Waals surface area (Å²) in [5.41, 5.74) is 7.37. The molecular weight excluding hydrogens is 394 g/mol. The normalized spacial score (nSPS) is 24.8. The van der Waals surface area contributed by atoms with Crippen molar-refractivity contribution >= 4 is 29.1 Å². The van der Waals surface area contributed by atoms with E-state index >= 15 is 0 Å². The lowest BCUT2D eigenvalue weighted by Gasteiger charge is -2.35. The zero-order valence-electron chi connectivity index (χ0n) is 18.1. The molecule has 2 saturated heterocycles. The summed E-state index contributed by atoms with van der Waals surface area (Å²) >= 11 is 6.72. The largest absolute Gasteiger partial charge is 0.476 e. The zero-order valence-corrected chi connectivity index (χ0v) is 18.8. The van der Waals surface area contributed by atoms with E-state index in [-0.39, 0.29) is 5.38 Å². The molecule has 0 spiro atoms. The molecule has 1 N–H and O–H groups in total. The Hall–Kier alpha value is -2.04. The van der Waals surface area contributed by atoms with E-state index in [0.29, 0.717) is 18.5 Å². The van der Waals surface area contributed by atoms with Gasteiger partial charge in [0.15, 0.2) is 0 Å². The molecule has 2 fully saturated rings. The Bertz CT molecular complexity index is 892. The molecule has 5 heteroatoms. The monoisotopic (exact) mass is 425 g/mol. The van der Waals surface area contributed by atoms with Crippen molar-refractivity contribution < 1.29 is 4.74 Å². The molecule has 0 saturated carbocycles. The molecule has 1 aromatic carbocycles. The second-order valence-corrected chi connectivity index (χ2v) is 9.12. The third kappa shape index (κ3) is 4.65. The van der Waals surface area contributed by atoms with Crippen LogP contribution in [0.25, 0.3) is 6.08 Å². The van der Waals surface area contributed by atoms with Gasteiger partial charge in [0, 0.05) is 23.8 Å². The summed E-state index contributed by atoms with van der Waals surface area (Å²) in [6, 6.07) is 6.88. The first-order valence-corrected chi connectivity index (χ1v) is 11.4. The maximum absolute atomic E-state index is 6.72. The number of ether oxygens (including phenoxy) is 1. The number of piperidine rings is 1. The summed E-state index contributed by atoms with van der Waals surface area (Å²) in [5.74, 6) is 0.507. The number of allylic oxidation sites excluding steroid dienone is 2. The molecule has 4 nitrogen and oxygen atoms in total. The second kappa shape index (κ2) is 9.40. The Labute approximate surface area is 185 Å². The first kappa shape index (κ1) is 21.2. The first-order valence-electron chi connectivity index (χ1n) is 11.0. The number of halogens is 1. The van der Waals surface area contributed by atoms with Gasteiger partial charge in [0.05, 0.1) is 17.6 Å². The lowest BCUT2D eigenvalue weighted by molar-refractivity contribution is 0.186. The quantitative estimate of drug-likeness (QED) is 0.492. The van der Waals surface area contributed by atoms with E-state index in [2.05, 4.69) is 61.0 Å². The predicted octanol–water partition coefficient (Wildman–Crippen LogP) is 5.61. The number of rotatable bonds is 5. The SMILES string of the molecule is C=C(/N=C1/CN(c2cccc3c2C(Cl)CC=C3)CCC1=C(C)C)OC[C@@H]1CCCN1. The van der Waals surface area contributed by atoms with Crippen molar-refractivity contribution in [1.82, 2.24) is 5.32 Å². The maximum atomic E-state index is 6.72. The van der Waals surface area contributed by atoms with Gasteiger partial charge in [-0.2, -0.15) is 0 Å². The first-order chi connectivity index (χ1) is 14.5. The average molecular weight is 426 g/mol. The molecule has 1 unspecified atom stereocenters. The zero-order chi connectivity index (χ0) is 21.1. The molecule has 4 rings (SSSR count). The van der Waals surface area contributed by atoms with E-state index in [4.69, 9.17) is 21.3 Å². The molecule has 0 amide bonds. The van der Waals surface area contributed by atoms with Gasteiger partial charge in [-0.15, -0.1) is 11.6 Å². The van der Waals surface area contributed by atoms with Crippen molar-refractivity contribution in [3.8, 4) is 0 Å². The standard InChI is InChI=1S/C25H32ClN3O/c1-17(2)21-12-14-29(24-11-5-8-19-7-4-10-22(26)25(19)24)15-23(21)28-18(3)30-16-20-9-6-13-27-20/h4-5,7-8,11,20,22,27H,3,6,9-10,12-16H2,1-2H3/b28-23-/t20-,22?/m0/s1. The van der Waals surface area contributed by atoms with Crippen LogP contribution in [0.1, 0.15) is 56.0 Å². The summed E-state index contributed by atoms with van der Waals surface area (Å²) in [5, 5.41) is 3.47. The summed E-state index contributed by atoms with van der Waals surface area (Å²) in [4.78, 5) is 7.24. The fourth-order valence-corrected chi connectivity index (χ4v) is 4.98. The lowest BCUT2D eigenvalue weighted by atomic mass is 9.92. The number of anilines is 1. The Morgan fingerprint density at radius 1 is 1.37 bits per heavy atom. The fourth-order valence-electron chi connectivity index (χ4n) is 4.64. The number of aliphatic imine (C=N–C) groups is 1. The van der Waals surface area contributed by atoms with Crippen LogP contribution in [0.2, 0.25) is 0 Å². The van der Waals surface area contributed by atoms with Crippen LogP contribution in [0.15, 0.2) is 52.9 Å². The number of benzene rings is 1. The minimum absolute atomic E-state index is 0.0173. The molecule has 160 valence electrons. The molecule has 0 radical (unpaired) electrons. The van der Waals surface area contributed by atoms with E-state index in [1.54, 1.807) is 0 Å². The number of fused-ring (bicyclic) bond motifs is 1. The minimum Gasteiger partial charge on any atom is -0.476 e. The predicted molar refractivity (Wildman–Crippen MR) is 127 cm³/mol. The Morgan fingerprint density at radius 3 is 3.00 bits per heavy atom. The minimum atomic E-state index is 0.0173. The molecule has 2 aliphatic heterocycles. The van der Waals surface area contributed by atoms with E-state index in [1.165, 1.54) is 34.4 Å². The molecule has 3 aliphatic rings. The van der Waals surface area contributed by atoms with Gasteiger partial charge in [0.2, 0.25) is 5.88 Å². The van der Waals surface area contributed by atoms with Gasteiger partial charge in [0.25, 0.3) is 0 Å². The number of hydrogen-bond donors (Lipinski definition) is 1. The van der Waals surface area contributed by atoms with Gasteiger partial charge in [-0.1, -0.05) is 29.9 Å². The number of hydrogen-bond acceptors (Lipinski definition) is 4. The lowest BCUT2D eigenvalue weighted by Crippen LogP contribution is -2.38. The van der Waals surface area contributed by atoms with Crippen molar-refractivity contribution in [2.45, 2.75) is 50.9 Å². The van der Waals surface area contributed by atoms with Gasteiger partial charge < -0.3 is 15.0 Å². The molecule has 1 aliphatic carbocycles. The molecule has 30 heavy (non-hydrogen) atoms. The van der Waals surface area contributed by atoms with E-state index in [1.807, 2.05) is 0 Å². The molecule has 1 aromatic rings. The summed E-state index contributed by atoms with van der Waals surface area (Å²) in [7, 11) is 0. The highest BCUT2D eigenvalue weighted by atomic mass is 35.5. The van der Waals surface area contributed by atoms with Crippen LogP contribution < -0.4 is 10.2 Å². The van der Waals surface area contributed by atoms with Crippen molar-refractivity contribution in [3.05, 3.63) is 59.0 Å². The van der Waals surface area contributed by atoms with Gasteiger partial charge in [-0.05, 0) is 69.9 Å². The van der Waals surface area contributed by atoms with Crippen molar-refractivity contribution in [3.63, 3.8) is 0 Å². The Kier molecular flexibility index (Phi) is 6.64. The fraction of sp³-hybridized carbons (Fsp3) is 0.480.